The number of thiazole rings is 1. The van der Waals surface area contributed by atoms with Gasteiger partial charge in [-0.25, -0.2) is 9.37 Å². The van der Waals surface area contributed by atoms with E-state index in [1.807, 2.05) is 6.07 Å². The van der Waals surface area contributed by atoms with Crippen LogP contribution in [0.5, 0.6) is 5.75 Å². The highest BCUT2D eigenvalue weighted by molar-refractivity contribution is 7.21. The quantitative estimate of drug-likeness (QED) is 0.694. The van der Waals surface area contributed by atoms with Crippen molar-refractivity contribution in [3.05, 3.63) is 36.5 Å². The Balaban J connectivity index is 2.19. The van der Waals surface area contributed by atoms with Gasteiger partial charge in [0.05, 0.1) is 23.6 Å². The minimum absolute atomic E-state index is 0.236. The van der Waals surface area contributed by atoms with Gasteiger partial charge in [0.25, 0.3) is 0 Å². The molecule has 0 saturated heterocycles. The topological polar surface area (TPSA) is 35.3 Å². The molecular formula is C12H8FNO2S. The van der Waals surface area contributed by atoms with Gasteiger partial charge in [-0.05, 0) is 6.07 Å². The Labute approximate surface area is 100 Å². The van der Waals surface area contributed by atoms with Crippen molar-refractivity contribution in [3.8, 4) is 16.3 Å². The molecule has 2 aromatic heterocycles. The average Bonchev–Trinajstić information content (AvgIpc) is 2.95. The molecule has 17 heavy (non-hydrogen) atoms. The third-order valence-corrected chi connectivity index (χ3v) is 3.50. The molecule has 0 fully saturated rings. The molecule has 0 saturated carbocycles. The van der Waals surface area contributed by atoms with Crippen LogP contribution in [0.1, 0.15) is 0 Å². The molecule has 0 N–H and O–H groups in total. The highest BCUT2D eigenvalue weighted by Gasteiger charge is 2.11. The third-order valence-electron chi connectivity index (χ3n) is 2.43. The standard InChI is InChI=1S/C12H8FNO2S/c1-15-10-5-11-9(4-8(10)13)14-12(17-11)7-2-3-16-6-7/h2-6H,1H3. The summed E-state index contributed by atoms with van der Waals surface area (Å²) in [7, 11) is 1.45. The molecule has 0 aliphatic rings. The lowest BCUT2D eigenvalue weighted by molar-refractivity contribution is 0.387. The van der Waals surface area contributed by atoms with Crippen LogP contribution in [0.15, 0.2) is 35.1 Å². The van der Waals surface area contributed by atoms with E-state index in [1.54, 1.807) is 18.6 Å². The maximum absolute atomic E-state index is 13.5. The van der Waals surface area contributed by atoms with Crippen LogP contribution in [0.2, 0.25) is 0 Å². The smallest absolute Gasteiger partial charge is 0.167 e. The molecule has 0 amide bonds. The lowest BCUT2D eigenvalue weighted by Gasteiger charge is -1.99. The van der Waals surface area contributed by atoms with Crippen molar-refractivity contribution < 1.29 is 13.5 Å². The zero-order valence-electron chi connectivity index (χ0n) is 8.94. The van der Waals surface area contributed by atoms with Crippen molar-refractivity contribution in [2.24, 2.45) is 0 Å². The van der Waals surface area contributed by atoms with E-state index >= 15 is 0 Å². The molecule has 2 heterocycles. The van der Waals surface area contributed by atoms with Crippen molar-refractivity contribution >= 4 is 21.6 Å². The van der Waals surface area contributed by atoms with Crippen LogP contribution in [0.4, 0.5) is 4.39 Å². The van der Waals surface area contributed by atoms with Crippen molar-refractivity contribution in [2.45, 2.75) is 0 Å². The number of hydrogen-bond donors (Lipinski definition) is 0. The van der Waals surface area contributed by atoms with Gasteiger partial charge in [-0.3, -0.25) is 0 Å². The highest BCUT2D eigenvalue weighted by atomic mass is 32.1. The summed E-state index contributed by atoms with van der Waals surface area (Å²) in [5.41, 5.74) is 1.52. The largest absolute Gasteiger partial charge is 0.494 e. The Morgan fingerprint density at radius 2 is 2.29 bits per heavy atom. The fraction of sp³-hybridized carbons (Fsp3) is 0.0833. The SMILES string of the molecule is COc1cc2sc(-c3ccoc3)nc2cc1F. The Morgan fingerprint density at radius 3 is 3.00 bits per heavy atom. The fourth-order valence-electron chi connectivity index (χ4n) is 1.60. The molecule has 0 unspecified atom stereocenters. The van der Waals surface area contributed by atoms with Crippen LogP contribution >= 0.6 is 11.3 Å². The van der Waals surface area contributed by atoms with Gasteiger partial charge in [-0.1, -0.05) is 0 Å². The molecule has 0 bridgehead atoms. The number of hydrogen-bond acceptors (Lipinski definition) is 4. The second-order valence-corrected chi connectivity index (χ2v) is 4.52. The molecule has 5 heteroatoms. The number of benzene rings is 1. The summed E-state index contributed by atoms with van der Waals surface area (Å²) in [5.74, 6) is -0.163. The average molecular weight is 249 g/mol. The van der Waals surface area contributed by atoms with E-state index in [9.17, 15) is 4.39 Å². The van der Waals surface area contributed by atoms with E-state index in [2.05, 4.69) is 4.98 Å². The predicted molar refractivity (Wildman–Crippen MR) is 63.8 cm³/mol. The van der Waals surface area contributed by atoms with E-state index < -0.39 is 5.82 Å². The minimum atomic E-state index is -0.399. The molecule has 0 aliphatic carbocycles. The van der Waals surface area contributed by atoms with Gasteiger partial charge in [0.1, 0.15) is 11.3 Å². The van der Waals surface area contributed by atoms with Crippen LogP contribution < -0.4 is 4.74 Å². The molecule has 0 radical (unpaired) electrons. The van der Waals surface area contributed by atoms with Gasteiger partial charge in [0.2, 0.25) is 0 Å². The summed E-state index contributed by atoms with van der Waals surface area (Å²) in [6.07, 6.45) is 3.20. The summed E-state index contributed by atoms with van der Waals surface area (Å²) in [6, 6.07) is 4.87. The zero-order valence-corrected chi connectivity index (χ0v) is 9.75. The maximum Gasteiger partial charge on any atom is 0.167 e. The first-order valence-corrected chi connectivity index (χ1v) is 5.76. The molecule has 3 aromatic rings. The highest BCUT2D eigenvalue weighted by Crippen LogP contribution is 2.33. The number of methoxy groups -OCH3 is 1. The van der Waals surface area contributed by atoms with Crippen molar-refractivity contribution in [2.75, 3.05) is 7.11 Å². The van der Waals surface area contributed by atoms with Crippen LogP contribution in [0.3, 0.4) is 0 Å². The number of rotatable bonds is 2. The summed E-state index contributed by atoms with van der Waals surface area (Å²) in [4.78, 5) is 4.35. The maximum atomic E-state index is 13.5. The van der Waals surface area contributed by atoms with E-state index in [0.29, 0.717) is 5.52 Å². The Morgan fingerprint density at radius 1 is 1.41 bits per heavy atom. The first-order valence-electron chi connectivity index (χ1n) is 4.94. The third kappa shape index (κ3) is 1.68. The number of furan rings is 1. The number of fused-ring (bicyclic) bond motifs is 1. The van der Waals surface area contributed by atoms with Gasteiger partial charge in [0.15, 0.2) is 11.6 Å². The molecule has 1 aromatic carbocycles. The molecule has 0 spiro atoms. The van der Waals surface area contributed by atoms with E-state index in [4.69, 9.17) is 9.15 Å². The van der Waals surface area contributed by atoms with Crippen LogP contribution in [0.25, 0.3) is 20.8 Å². The first-order chi connectivity index (χ1) is 8.28. The van der Waals surface area contributed by atoms with Crippen LogP contribution in [0, 0.1) is 5.82 Å². The molecule has 86 valence electrons. The van der Waals surface area contributed by atoms with Crippen molar-refractivity contribution in [1.82, 2.24) is 4.98 Å². The van der Waals surface area contributed by atoms with Crippen molar-refractivity contribution in [1.29, 1.82) is 0 Å². The number of nitrogens with zero attached hydrogens (tertiary/aromatic N) is 1. The number of ether oxygens (including phenoxy) is 1. The monoisotopic (exact) mass is 249 g/mol. The second-order valence-electron chi connectivity index (χ2n) is 3.49. The molecule has 3 rings (SSSR count). The lowest BCUT2D eigenvalue weighted by atomic mass is 10.3. The Bertz CT molecular complexity index is 661. The van der Waals surface area contributed by atoms with Gasteiger partial charge in [-0.2, -0.15) is 0 Å². The molecule has 0 atom stereocenters. The van der Waals surface area contributed by atoms with E-state index in [-0.39, 0.29) is 5.75 Å². The van der Waals surface area contributed by atoms with Crippen LogP contribution in [-0.4, -0.2) is 12.1 Å². The first kappa shape index (κ1) is 10.3. The Hall–Kier alpha value is -1.88. The number of aromatic nitrogens is 1. The Kier molecular flexibility index (Phi) is 2.33. The van der Waals surface area contributed by atoms with Crippen molar-refractivity contribution in [3.63, 3.8) is 0 Å². The van der Waals surface area contributed by atoms with E-state index in [0.717, 1.165) is 15.3 Å². The summed E-state index contributed by atoms with van der Waals surface area (Å²) < 4.78 is 24.3. The van der Waals surface area contributed by atoms with Crippen LogP contribution in [-0.2, 0) is 0 Å². The van der Waals surface area contributed by atoms with Gasteiger partial charge >= 0.3 is 0 Å². The summed E-state index contributed by atoms with van der Waals surface area (Å²) in [6.45, 7) is 0. The normalized spacial score (nSPS) is 10.9. The lowest BCUT2D eigenvalue weighted by Crippen LogP contribution is -1.86. The second kappa shape index (κ2) is 3.85. The zero-order chi connectivity index (χ0) is 11.8. The minimum Gasteiger partial charge on any atom is -0.494 e. The molecular weight excluding hydrogens is 241 g/mol. The van der Waals surface area contributed by atoms with Gasteiger partial charge in [-0.15, -0.1) is 11.3 Å². The predicted octanol–water partition coefficient (Wildman–Crippen LogP) is 3.70. The van der Waals surface area contributed by atoms with Gasteiger partial charge in [0, 0.05) is 17.7 Å². The van der Waals surface area contributed by atoms with E-state index in [1.165, 1.54) is 24.5 Å². The molecule has 3 nitrogen and oxygen atoms in total. The van der Waals surface area contributed by atoms with Gasteiger partial charge < -0.3 is 9.15 Å². The summed E-state index contributed by atoms with van der Waals surface area (Å²) >= 11 is 1.48. The molecule has 0 aliphatic heterocycles. The fourth-order valence-corrected chi connectivity index (χ4v) is 2.56. The number of halogens is 1. The summed E-state index contributed by atoms with van der Waals surface area (Å²) in [5, 5.41) is 0.807.